The van der Waals surface area contributed by atoms with Gasteiger partial charge in [0.25, 0.3) is 0 Å². The van der Waals surface area contributed by atoms with Gasteiger partial charge in [0.1, 0.15) is 6.04 Å². The van der Waals surface area contributed by atoms with Crippen LogP contribution in [-0.4, -0.2) is 28.7 Å². The van der Waals surface area contributed by atoms with Crippen molar-refractivity contribution in [1.29, 1.82) is 0 Å². The van der Waals surface area contributed by atoms with Gasteiger partial charge in [-0.05, 0) is 32.4 Å². The Labute approximate surface area is 112 Å². The molecule has 0 bridgehead atoms. The zero-order chi connectivity index (χ0) is 14.2. The number of aliphatic carboxylic acids is 1. The van der Waals surface area contributed by atoms with E-state index in [0.717, 1.165) is 5.56 Å². The summed E-state index contributed by atoms with van der Waals surface area (Å²) in [6, 6.07) is 6.09. The van der Waals surface area contributed by atoms with Crippen LogP contribution in [0.4, 0.5) is 10.5 Å². The first-order valence-corrected chi connectivity index (χ1v) is 6.22. The average molecular weight is 262 g/mol. The van der Waals surface area contributed by atoms with Crippen molar-refractivity contribution in [2.75, 3.05) is 4.90 Å². The first-order valence-electron chi connectivity index (χ1n) is 6.22. The summed E-state index contributed by atoms with van der Waals surface area (Å²) in [6.45, 7) is 5.59. The molecule has 0 saturated heterocycles. The summed E-state index contributed by atoms with van der Waals surface area (Å²) in [5.41, 5.74) is 1.16. The van der Waals surface area contributed by atoms with Crippen LogP contribution in [0.3, 0.4) is 0 Å². The molecule has 1 heterocycles. The highest BCUT2D eigenvalue weighted by atomic mass is 16.4. The van der Waals surface area contributed by atoms with Crippen LogP contribution in [0.5, 0.6) is 0 Å². The van der Waals surface area contributed by atoms with Crippen molar-refractivity contribution in [3.63, 3.8) is 0 Å². The molecule has 0 radical (unpaired) electrons. The number of carbonyl (C=O) groups is 2. The van der Waals surface area contributed by atoms with E-state index < -0.39 is 17.6 Å². The number of rotatable bonds is 1. The van der Waals surface area contributed by atoms with Gasteiger partial charge in [-0.1, -0.05) is 18.2 Å². The molecule has 0 unspecified atom stereocenters. The van der Waals surface area contributed by atoms with E-state index in [2.05, 4.69) is 5.32 Å². The number of carboxylic acids is 1. The predicted molar refractivity (Wildman–Crippen MR) is 72.3 cm³/mol. The van der Waals surface area contributed by atoms with E-state index in [9.17, 15) is 14.7 Å². The number of amides is 2. The van der Waals surface area contributed by atoms with E-state index in [1.54, 1.807) is 12.1 Å². The average Bonchev–Trinajstić information content (AvgIpc) is 2.65. The highest BCUT2D eigenvalue weighted by Crippen LogP contribution is 2.32. The number of fused-ring (bicyclic) bond motifs is 1. The van der Waals surface area contributed by atoms with E-state index in [4.69, 9.17) is 0 Å². The van der Waals surface area contributed by atoms with Crippen LogP contribution in [0.25, 0.3) is 0 Å². The molecule has 1 aliphatic heterocycles. The van der Waals surface area contributed by atoms with Crippen LogP contribution >= 0.6 is 0 Å². The smallest absolute Gasteiger partial charge is 0.327 e. The number of carbonyl (C=O) groups excluding carboxylic acids is 1. The van der Waals surface area contributed by atoms with Crippen molar-refractivity contribution in [1.82, 2.24) is 5.32 Å². The van der Waals surface area contributed by atoms with Gasteiger partial charge in [-0.3, -0.25) is 4.90 Å². The maximum atomic E-state index is 12.3. The summed E-state index contributed by atoms with van der Waals surface area (Å²) in [6.07, 6.45) is 0.350. The van der Waals surface area contributed by atoms with Crippen molar-refractivity contribution in [2.45, 2.75) is 38.8 Å². The van der Waals surface area contributed by atoms with E-state index >= 15 is 0 Å². The summed E-state index contributed by atoms with van der Waals surface area (Å²) >= 11 is 0. The number of benzene rings is 1. The third-order valence-electron chi connectivity index (χ3n) is 2.96. The Bertz CT molecular complexity index is 520. The Balaban J connectivity index is 2.34. The lowest BCUT2D eigenvalue weighted by atomic mass is 10.1. The summed E-state index contributed by atoms with van der Waals surface area (Å²) in [5.74, 6) is -0.986. The standard InChI is InChI=1S/C14H18N2O3/c1-14(2,3)15-13(19)16-10-7-5-4-6-9(10)8-11(16)12(17)18/h4-7,11H,8H2,1-3H3,(H,15,19)(H,17,18)/t11-/m0/s1. The lowest BCUT2D eigenvalue weighted by Gasteiger charge is -2.28. The second kappa shape index (κ2) is 4.57. The van der Waals surface area contributed by atoms with Crippen molar-refractivity contribution >= 4 is 17.7 Å². The van der Waals surface area contributed by atoms with Crippen molar-refractivity contribution in [3.05, 3.63) is 29.8 Å². The molecule has 2 N–H and O–H groups in total. The molecule has 0 spiro atoms. The zero-order valence-corrected chi connectivity index (χ0v) is 11.3. The molecule has 1 atom stereocenters. The molecule has 19 heavy (non-hydrogen) atoms. The van der Waals surface area contributed by atoms with E-state index in [-0.39, 0.29) is 6.03 Å². The molecule has 0 fully saturated rings. The number of hydrogen-bond acceptors (Lipinski definition) is 2. The molecule has 5 nitrogen and oxygen atoms in total. The quantitative estimate of drug-likeness (QED) is 0.813. The summed E-state index contributed by atoms with van der Waals surface area (Å²) in [5, 5.41) is 12.1. The van der Waals surface area contributed by atoms with Crippen LogP contribution in [0, 0.1) is 0 Å². The SMILES string of the molecule is CC(C)(C)NC(=O)N1c2ccccc2C[C@H]1C(=O)O. The minimum absolute atomic E-state index is 0.350. The molecular formula is C14H18N2O3. The summed E-state index contributed by atoms with van der Waals surface area (Å²) in [7, 11) is 0. The maximum Gasteiger partial charge on any atom is 0.327 e. The molecule has 1 aromatic rings. The number of nitrogens with one attached hydrogen (secondary N) is 1. The topological polar surface area (TPSA) is 69.6 Å². The van der Waals surface area contributed by atoms with Gasteiger partial charge >= 0.3 is 12.0 Å². The number of anilines is 1. The molecule has 0 aliphatic carbocycles. The highest BCUT2D eigenvalue weighted by molar-refractivity contribution is 6.01. The largest absolute Gasteiger partial charge is 0.480 e. The van der Waals surface area contributed by atoms with Gasteiger partial charge in [-0.2, -0.15) is 0 Å². The van der Waals surface area contributed by atoms with Crippen molar-refractivity contribution < 1.29 is 14.7 Å². The summed E-state index contributed by atoms with van der Waals surface area (Å²) < 4.78 is 0. The Morgan fingerprint density at radius 3 is 2.53 bits per heavy atom. The van der Waals surface area contributed by atoms with Crippen LogP contribution < -0.4 is 10.2 Å². The van der Waals surface area contributed by atoms with E-state index in [0.29, 0.717) is 12.1 Å². The number of hydrogen-bond donors (Lipinski definition) is 2. The fourth-order valence-electron chi connectivity index (χ4n) is 2.22. The Morgan fingerprint density at radius 1 is 1.32 bits per heavy atom. The van der Waals surface area contributed by atoms with Gasteiger partial charge < -0.3 is 10.4 Å². The van der Waals surface area contributed by atoms with E-state index in [1.165, 1.54) is 4.90 Å². The second-order valence-corrected chi connectivity index (χ2v) is 5.74. The van der Waals surface area contributed by atoms with Gasteiger partial charge in [0, 0.05) is 17.6 Å². The van der Waals surface area contributed by atoms with Gasteiger partial charge in [0.15, 0.2) is 0 Å². The monoisotopic (exact) mass is 262 g/mol. The molecule has 2 amide bonds. The first-order chi connectivity index (χ1) is 8.79. The molecule has 5 heteroatoms. The number of para-hydroxylation sites is 1. The Hall–Kier alpha value is -2.04. The number of carboxylic acid groups (broad SMARTS) is 1. The predicted octanol–water partition coefficient (Wildman–Crippen LogP) is 2.01. The normalized spacial score (nSPS) is 18.1. The first kappa shape index (κ1) is 13.4. The highest BCUT2D eigenvalue weighted by Gasteiger charge is 2.39. The van der Waals surface area contributed by atoms with Crippen molar-refractivity contribution in [2.24, 2.45) is 0 Å². The van der Waals surface area contributed by atoms with Gasteiger partial charge in [0.2, 0.25) is 0 Å². The Morgan fingerprint density at radius 2 is 1.95 bits per heavy atom. The van der Waals surface area contributed by atoms with E-state index in [1.807, 2.05) is 32.9 Å². The fraction of sp³-hybridized carbons (Fsp3) is 0.429. The van der Waals surface area contributed by atoms with Crippen molar-refractivity contribution in [3.8, 4) is 0 Å². The van der Waals surface area contributed by atoms with Crippen LogP contribution in [0.2, 0.25) is 0 Å². The molecule has 0 saturated carbocycles. The lowest BCUT2D eigenvalue weighted by molar-refractivity contribution is -0.138. The molecule has 102 valence electrons. The third kappa shape index (κ3) is 2.70. The fourth-order valence-corrected chi connectivity index (χ4v) is 2.22. The van der Waals surface area contributed by atoms with Crippen LogP contribution in [-0.2, 0) is 11.2 Å². The molecule has 0 aromatic heterocycles. The number of nitrogens with zero attached hydrogens (tertiary/aromatic N) is 1. The van der Waals surface area contributed by atoms with Crippen LogP contribution in [0.1, 0.15) is 26.3 Å². The third-order valence-corrected chi connectivity index (χ3v) is 2.96. The Kier molecular flexibility index (Phi) is 3.22. The lowest BCUT2D eigenvalue weighted by Crippen LogP contribution is -2.53. The van der Waals surface area contributed by atoms with Gasteiger partial charge in [-0.15, -0.1) is 0 Å². The zero-order valence-electron chi connectivity index (χ0n) is 11.3. The molecule has 1 aromatic carbocycles. The minimum atomic E-state index is -0.986. The molecule has 1 aliphatic rings. The summed E-state index contributed by atoms with van der Waals surface area (Å²) in [4.78, 5) is 25.0. The maximum absolute atomic E-state index is 12.3. The van der Waals surface area contributed by atoms with Gasteiger partial charge in [0.05, 0.1) is 0 Å². The van der Waals surface area contributed by atoms with Gasteiger partial charge in [-0.25, -0.2) is 9.59 Å². The second-order valence-electron chi connectivity index (χ2n) is 5.74. The minimum Gasteiger partial charge on any atom is -0.480 e. The molecular weight excluding hydrogens is 244 g/mol. The van der Waals surface area contributed by atoms with Crippen LogP contribution in [0.15, 0.2) is 24.3 Å². The molecule has 2 rings (SSSR count). The number of urea groups is 1.